The predicted molar refractivity (Wildman–Crippen MR) is 102 cm³/mol. The number of carbonyl (C=O) groups is 1. The van der Waals surface area contributed by atoms with Crippen LogP contribution in [0.5, 0.6) is 5.75 Å². The highest BCUT2D eigenvalue weighted by molar-refractivity contribution is 5.96. The number of nitro benzene ring substituents is 1. The monoisotopic (exact) mass is 373 g/mol. The minimum Gasteiger partial charge on any atom is -0.497 e. The molecule has 1 atom stereocenters. The van der Waals surface area contributed by atoms with Crippen molar-refractivity contribution in [3.8, 4) is 5.75 Å². The molecule has 0 amide bonds. The minimum absolute atomic E-state index is 0.0132. The lowest BCUT2D eigenvalue weighted by Crippen LogP contribution is -2.27. The molecule has 144 valence electrons. The Kier molecular flexibility index (Phi) is 6.73. The van der Waals surface area contributed by atoms with E-state index in [1.807, 2.05) is 43.3 Å². The summed E-state index contributed by atoms with van der Waals surface area (Å²) in [6, 6.07) is 11.8. The van der Waals surface area contributed by atoms with E-state index >= 15 is 0 Å². The molecule has 0 spiro atoms. The second kappa shape index (κ2) is 9.00. The number of rotatable bonds is 8. The van der Waals surface area contributed by atoms with Crippen molar-refractivity contribution in [1.29, 1.82) is 0 Å². The summed E-state index contributed by atoms with van der Waals surface area (Å²) in [5.41, 5.74) is 1.46. The van der Waals surface area contributed by atoms with Crippen molar-refractivity contribution in [1.82, 2.24) is 4.90 Å². The molecule has 0 aliphatic rings. The van der Waals surface area contributed by atoms with E-state index in [4.69, 9.17) is 9.47 Å². The second-order valence-corrected chi connectivity index (χ2v) is 6.12. The molecule has 2 rings (SSSR count). The molecule has 8 heteroatoms. The van der Waals surface area contributed by atoms with Gasteiger partial charge >= 0.3 is 5.97 Å². The Bertz CT molecular complexity index is 823. The summed E-state index contributed by atoms with van der Waals surface area (Å²) in [7, 11) is 6.75. The van der Waals surface area contributed by atoms with Gasteiger partial charge < -0.3 is 19.7 Å². The fourth-order valence-electron chi connectivity index (χ4n) is 2.73. The van der Waals surface area contributed by atoms with Crippen molar-refractivity contribution in [2.24, 2.45) is 0 Å². The SMILES string of the molecule is COC(=O)c1cc([N+](=O)[O-])ccc1NC[C@H](c1cccc(OC)c1)N(C)C. The molecule has 0 radical (unpaired) electrons. The second-order valence-electron chi connectivity index (χ2n) is 6.12. The highest BCUT2D eigenvalue weighted by atomic mass is 16.6. The maximum absolute atomic E-state index is 12.0. The van der Waals surface area contributed by atoms with E-state index in [-0.39, 0.29) is 17.3 Å². The molecule has 1 N–H and O–H groups in total. The lowest BCUT2D eigenvalue weighted by Gasteiger charge is -2.26. The number of carbonyl (C=O) groups excluding carboxylic acids is 1. The summed E-state index contributed by atoms with van der Waals surface area (Å²) < 4.78 is 10.0. The van der Waals surface area contributed by atoms with Gasteiger partial charge in [0, 0.05) is 24.4 Å². The number of hydrogen-bond acceptors (Lipinski definition) is 7. The molecule has 8 nitrogen and oxygen atoms in total. The van der Waals surface area contributed by atoms with Gasteiger partial charge in [0.2, 0.25) is 0 Å². The van der Waals surface area contributed by atoms with Gasteiger partial charge in [0.1, 0.15) is 5.75 Å². The number of methoxy groups -OCH3 is 2. The van der Waals surface area contributed by atoms with Gasteiger partial charge in [-0.05, 0) is 37.9 Å². The van der Waals surface area contributed by atoms with Crippen LogP contribution < -0.4 is 10.1 Å². The minimum atomic E-state index is -0.635. The van der Waals surface area contributed by atoms with Crippen molar-refractivity contribution < 1.29 is 19.2 Å². The molecule has 0 aliphatic heterocycles. The topological polar surface area (TPSA) is 93.9 Å². The number of hydrogen-bond donors (Lipinski definition) is 1. The van der Waals surface area contributed by atoms with Crippen LogP contribution >= 0.6 is 0 Å². The molecule has 2 aromatic carbocycles. The maximum atomic E-state index is 12.0. The Hall–Kier alpha value is -3.13. The summed E-state index contributed by atoms with van der Waals surface area (Å²) in [5, 5.41) is 14.2. The van der Waals surface area contributed by atoms with Crippen LogP contribution in [0.3, 0.4) is 0 Å². The Morgan fingerprint density at radius 1 is 1.22 bits per heavy atom. The first kappa shape index (κ1) is 20.2. The Morgan fingerprint density at radius 2 is 1.96 bits per heavy atom. The van der Waals surface area contributed by atoms with Crippen molar-refractivity contribution in [2.75, 3.05) is 40.2 Å². The normalized spacial score (nSPS) is 11.7. The number of benzene rings is 2. The molecular weight excluding hydrogens is 350 g/mol. The van der Waals surface area contributed by atoms with Crippen molar-refractivity contribution in [2.45, 2.75) is 6.04 Å². The number of likely N-dealkylation sites (N-methyl/N-ethyl adjacent to an activating group) is 1. The van der Waals surface area contributed by atoms with Crippen LogP contribution in [-0.2, 0) is 4.74 Å². The number of nitro groups is 1. The zero-order valence-electron chi connectivity index (χ0n) is 15.8. The van der Waals surface area contributed by atoms with Gasteiger partial charge in [0.05, 0.1) is 30.7 Å². The Balaban J connectivity index is 2.28. The lowest BCUT2D eigenvalue weighted by atomic mass is 10.0. The van der Waals surface area contributed by atoms with Crippen molar-refractivity contribution >= 4 is 17.3 Å². The quantitative estimate of drug-likeness (QED) is 0.432. The predicted octanol–water partition coefficient (Wildman–Crippen LogP) is 3.10. The number of nitrogens with one attached hydrogen (secondary N) is 1. The molecule has 0 saturated heterocycles. The summed E-state index contributed by atoms with van der Waals surface area (Å²) in [6.45, 7) is 0.474. The fraction of sp³-hybridized carbons (Fsp3) is 0.316. The molecule has 2 aromatic rings. The van der Waals surface area contributed by atoms with Crippen LogP contribution in [0.15, 0.2) is 42.5 Å². The molecule has 0 bridgehead atoms. The van der Waals surface area contributed by atoms with Crippen LogP contribution in [0.4, 0.5) is 11.4 Å². The van der Waals surface area contributed by atoms with Crippen LogP contribution in [0.1, 0.15) is 22.0 Å². The summed E-state index contributed by atoms with van der Waals surface area (Å²) >= 11 is 0. The van der Waals surface area contributed by atoms with E-state index in [0.717, 1.165) is 11.3 Å². The van der Waals surface area contributed by atoms with Gasteiger partial charge in [0.25, 0.3) is 5.69 Å². The average molecular weight is 373 g/mol. The van der Waals surface area contributed by atoms with E-state index < -0.39 is 10.9 Å². The van der Waals surface area contributed by atoms with Crippen LogP contribution in [-0.4, -0.2) is 50.7 Å². The molecule has 0 fully saturated rings. The third-order valence-corrected chi connectivity index (χ3v) is 4.21. The molecular formula is C19H23N3O5. The third kappa shape index (κ3) is 4.95. The molecule has 27 heavy (non-hydrogen) atoms. The van der Waals surface area contributed by atoms with Gasteiger partial charge in [-0.1, -0.05) is 12.1 Å². The van der Waals surface area contributed by atoms with Crippen molar-refractivity contribution in [3.05, 3.63) is 63.7 Å². The zero-order chi connectivity index (χ0) is 20.0. The summed E-state index contributed by atoms with van der Waals surface area (Å²) in [4.78, 5) is 24.5. The van der Waals surface area contributed by atoms with E-state index in [9.17, 15) is 14.9 Å². The highest BCUT2D eigenvalue weighted by Crippen LogP contribution is 2.26. The van der Waals surface area contributed by atoms with Crippen LogP contribution in [0, 0.1) is 10.1 Å². The molecule has 0 aromatic heterocycles. The van der Waals surface area contributed by atoms with E-state index in [0.29, 0.717) is 12.2 Å². The van der Waals surface area contributed by atoms with E-state index in [2.05, 4.69) is 5.32 Å². The Labute approximate surface area is 157 Å². The van der Waals surface area contributed by atoms with Gasteiger partial charge in [-0.3, -0.25) is 10.1 Å². The molecule has 0 saturated carbocycles. The average Bonchev–Trinajstić information content (AvgIpc) is 2.67. The number of non-ortho nitro benzene ring substituents is 1. The first-order valence-electron chi connectivity index (χ1n) is 8.28. The van der Waals surface area contributed by atoms with Crippen LogP contribution in [0.25, 0.3) is 0 Å². The third-order valence-electron chi connectivity index (χ3n) is 4.21. The first-order valence-corrected chi connectivity index (χ1v) is 8.28. The summed E-state index contributed by atoms with van der Waals surface area (Å²) in [6.07, 6.45) is 0. The van der Waals surface area contributed by atoms with Gasteiger partial charge in [0.15, 0.2) is 0 Å². The zero-order valence-corrected chi connectivity index (χ0v) is 15.8. The largest absolute Gasteiger partial charge is 0.497 e. The molecule has 0 heterocycles. The van der Waals surface area contributed by atoms with Gasteiger partial charge in [-0.15, -0.1) is 0 Å². The molecule has 0 unspecified atom stereocenters. The Morgan fingerprint density at radius 3 is 2.56 bits per heavy atom. The number of ether oxygens (including phenoxy) is 2. The smallest absolute Gasteiger partial charge is 0.340 e. The highest BCUT2D eigenvalue weighted by Gasteiger charge is 2.20. The van der Waals surface area contributed by atoms with Crippen LogP contribution in [0.2, 0.25) is 0 Å². The lowest BCUT2D eigenvalue weighted by molar-refractivity contribution is -0.384. The first-order chi connectivity index (χ1) is 12.9. The number of nitrogens with zero attached hydrogens (tertiary/aromatic N) is 2. The van der Waals surface area contributed by atoms with E-state index in [1.54, 1.807) is 7.11 Å². The fourth-order valence-corrected chi connectivity index (χ4v) is 2.73. The van der Waals surface area contributed by atoms with Gasteiger partial charge in [-0.25, -0.2) is 4.79 Å². The van der Waals surface area contributed by atoms with Crippen molar-refractivity contribution in [3.63, 3.8) is 0 Å². The molecule has 0 aliphatic carbocycles. The standard InChI is InChI=1S/C19H23N3O5/c1-21(2)18(13-6-5-7-15(10-13)26-3)12-20-17-9-8-14(22(24)25)11-16(17)19(23)27-4/h5-11,18,20H,12H2,1-4H3/t18-/m1/s1. The van der Waals surface area contributed by atoms with E-state index in [1.165, 1.54) is 25.3 Å². The maximum Gasteiger partial charge on any atom is 0.340 e. The number of esters is 1. The number of anilines is 1. The summed E-state index contributed by atoms with van der Waals surface area (Å²) in [5.74, 6) is 0.119. The van der Waals surface area contributed by atoms with Gasteiger partial charge in [-0.2, -0.15) is 0 Å².